The normalized spacial score (nSPS) is 16.0. The zero-order chi connectivity index (χ0) is 15.2. The first-order chi connectivity index (χ1) is 10.1. The number of carbonyl (C=O) groups is 1. The van der Waals surface area contributed by atoms with Gasteiger partial charge in [0.25, 0.3) is 0 Å². The fourth-order valence-electron chi connectivity index (χ4n) is 2.51. The summed E-state index contributed by atoms with van der Waals surface area (Å²) < 4.78 is 13.5. The smallest absolute Gasteiger partial charge is 0.239 e. The fourth-order valence-corrected chi connectivity index (χ4v) is 2.51. The van der Waals surface area contributed by atoms with Crippen LogP contribution in [0.1, 0.15) is 25.8 Å². The second kappa shape index (κ2) is 7.41. The van der Waals surface area contributed by atoms with Crippen molar-refractivity contribution in [1.82, 2.24) is 10.6 Å². The van der Waals surface area contributed by atoms with Gasteiger partial charge in [0.15, 0.2) is 0 Å². The molecule has 1 fully saturated rings. The first-order valence-corrected chi connectivity index (χ1v) is 7.57. The number of nitrogens with one attached hydrogen (secondary N) is 2. The molecule has 0 bridgehead atoms. The quantitative estimate of drug-likeness (QED) is 0.871. The maximum Gasteiger partial charge on any atom is 0.239 e. The number of halogens is 1. The van der Waals surface area contributed by atoms with Gasteiger partial charge in [-0.3, -0.25) is 4.79 Å². The van der Waals surface area contributed by atoms with Crippen LogP contribution in [0.4, 0.5) is 10.1 Å². The van der Waals surface area contributed by atoms with Crippen LogP contribution in [0.15, 0.2) is 18.2 Å². The summed E-state index contributed by atoms with van der Waals surface area (Å²) in [6.45, 7) is 7.62. The lowest BCUT2D eigenvalue weighted by atomic mass is 10.1. The summed E-state index contributed by atoms with van der Waals surface area (Å²) in [4.78, 5) is 13.7. The average Bonchev–Trinajstić information content (AvgIpc) is 2.63. The van der Waals surface area contributed by atoms with E-state index in [1.54, 1.807) is 12.1 Å². The molecule has 21 heavy (non-hydrogen) atoms. The van der Waals surface area contributed by atoms with Crippen molar-refractivity contribution in [2.75, 3.05) is 31.1 Å². The van der Waals surface area contributed by atoms with Gasteiger partial charge in [0.05, 0.1) is 6.54 Å². The molecule has 1 heterocycles. The highest BCUT2D eigenvalue weighted by Gasteiger charge is 2.18. The molecule has 1 amide bonds. The number of nitrogens with zero attached hydrogens (tertiary/aromatic N) is 1. The van der Waals surface area contributed by atoms with E-state index in [4.69, 9.17) is 0 Å². The van der Waals surface area contributed by atoms with Gasteiger partial charge in [-0.1, -0.05) is 13.8 Å². The van der Waals surface area contributed by atoms with Crippen molar-refractivity contribution < 1.29 is 9.18 Å². The summed E-state index contributed by atoms with van der Waals surface area (Å²) in [7, 11) is 0. The van der Waals surface area contributed by atoms with Crippen molar-refractivity contribution in [2.45, 2.75) is 26.8 Å². The lowest BCUT2D eigenvalue weighted by Gasteiger charge is -2.24. The Bertz CT molecular complexity index is 490. The van der Waals surface area contributed by atoms with Gasteiger partial charge in [0.1, 0.15) is 5.82 Å². The van der Waals surface area contributed by atoms with Gasteiger partial charge >= 0.3 is 0 Å². The molecule has 0 atom stereocenters. The van der Waals surface area contributed by atoms with E-state index in [0.717, 1.165) is 30.8 Å². The van der Waals surface area contributed by atoms with Gasteiger partial charge in [0, 0.05) is 25.3 Å². The molecule has 1 saturated heterocycles. The maximum atomic E-state index is 13.5. The zero-order valence-electron chi connectivity index (χ0n) is 12.8. The molecular formula is C16H24FN3O. The molecule has 2 rings (SSSR count). The molecule has 0 spiro atoms. The van der Waals surface area contributed by atoms with Crippen molar-refractivity contribution in [3.63, 3.8) is 0 Å². The average molecular weight is 293 g/mol. The Hall–Kier alpha value is -1.62. The first-order valence-electron chi connectivity index (χ1n) is 7.57. The third kappa shape index (κ3) is 4.70. The molecule has 2 N–H and O–H groups in total. The minimum absolute atomic E-state index is 0.0258. The van der Waals surface area contributed by atoms with Crippen LogP contribution in [0, 0.1) is 11.7 Å². The topological polar surface area (TPSA) is 44.4 Å². The van der Waals surface area contributed by atoms with Gasteiger partial charge in [-0.05, 0) is 42.6 Å². The van der Waals surface area contributed by atoms with Crippen molar-refractivity contribution >= 4 is 11.6 Å². The number of hydrogen-bond donors (Lipinski definition) is 2. The maximum absolute atomic E-state index is 13.5. The molecule has 0 radical (unpaired) electrons. The summed E-state index contributed by atoms with van der Waals surface area (Å²) in [6, 6.07) is 4.80. The Labute approximate surface area is 125 Å². The van der Waals surface area contributed by atoms with E-state index in [0.29, 0.717) is 25.6 Å². The molecule has 1 aliphatic rings. The number of amides is 1. The molecule has 5 heteroatoms. The van der Waals surface area contributed by atoms with Crippen molar-refractivity contribution in [2.24, 2.45) is 5.92 Å². The van der Waals surface area contributed by atoms with Crippen LogP contribution in [-0.2, 0) is 11.3 Å². The van der Waals surface area contributed by atoms with Gasteiger partial charge in [-0.2, -0.15) is 0 Å². The predicted octanol–water partition coefficient (Wildman–Crippen LogP) is 1.90. The number of anilines is 1. The summed E-state index contributed by atoms with van der Waals surface area (Å²) in [6.07, 6.45) is 0.905. The van der Waals surface area contributed by atoms with Gasteiger partial charge in [0.2, 0.25) is 5.91 Å². The predicted molar refractivity (Wildman–Crippen MR) is 82.8 cm³/mol. The molecule has 0 aromatic heterocycles. The number of rotatable bonds is 5. The minimum atomic E-state index is -0.237. The van der Waals surface area contributed by atoms with Gasteiger partial charge in [-0.25, -0.2) is 4.39 Å². The van der Waals surface area contributed by atoms with Crippen molar-refractivity contribution in [3.8, 4) is 0 Å². The van der Waals surface area contributed by atoms with E-state index in [1.807, 2.05) is 4.90 Å². The van der Waals surface area contributed by atoms with Crippen LogP contribution in [0.25, 0.3) is 0 Å². The van der Waals surface area contributed by atoms with E-state index in [9.17, 15) is 9.18 Å². The second-order valence-corrected chi connectivity index (χ2v) is 5.92. The third-order valence-electron chi connectivity index (χ3n) is 3.51. The molecule has 4 nitrogen and oxygen atoms in total. The molecular weight excluding hydrogens is 269 g/mol. The summed E-state index contributed by atoms with van der Waals surface area (Å²) in [5.74, 6) is 0.336. The van der Waals surface area contributed by atoms with Gasteiger partial charge < -0.3 is 15.5 Å². The Kier molecular flexibility index (Phi) is 5.56. The van der Waals surface area contributed by atoms with Crippen molar-refractivity contribution in [3.05, 3.63) is 29.6 Å². The fraction of sp³-hybridized carbons (Fsp3) is 0.562. The van der Waals surface area contributed by atoms with E-state index in [-0.39, 0.29) is 11.7 Å². The highest BCUT2D eigenvalue weighted by Crippen LogP contribution is 2.22. The lowest BCUT2D eigenvalue weighted by Crippen LogP contribution is -2.34. The SMILES string of the molecule is CC(C)CNCc1cc(F)ccc1N1CCCNC(=O)C1. The van der Waals surface area contributed by atoms with E-state index >= 15 is 0 Å². The Morgan fingerprint density at radius 2 is 2.24 bits per heavy atom. The number of benzene rings is 1. The van der Waals surface area contributed by atoms with Gasteiger partial charge in [-0.15, -0.1) is 0 Å². The highest BCUT2D eigenvalue weighted by molar-refractivity contribution is 5.82. The second-order valence-electron chi connectivity index (χ2n) is 5.92. The standard InChI is InChI=1S/C16H24FN3O/c1-12(2)9-18-10-13-8-14(17)4-5-15(13)20-7-3-6-19-16(21)11-20/h4-5,8,12,18H,3,6-7,9-11H2,1-2H3,(H,19,21). The minimum Gasteiger partial charge on any atom is -0.362 e. The van der Waals surface area contributed by atoms with E-state index < -0.39 is 0 Å². The first kappa shape index (κ1) is 15.8. The van der Waals surface area contributed by atoms with Crippen LogP contribution in [-0.4, -0.2) is 32.1 Å². The Morgan fingerprint density at radius 3 is 3.00 bits per heavy atom. The van der Waals surface area contributed by atoms with Crippen LogP contribution >= 0.6 is 0 Å². The molecule has 0 saturated carbocycles. The number of hydrogen-bond acceptors (Lipinski definition) is 3. The molecule has 0 aliphatic carbocycles. The largest absolute Gasteiger partial charge is 0.362 e. The summed E-state index contributed by atoms with van der Waals surface area (Å²) in [5, 5.41) is 6.20. The summed E-state index contributed by atoms with van der Waals surface area (Å²) >= 11 is 0. The summed E-state index contributed by atoms with van der Waals surface area (Å²) in [5.41, 5.74) is 1.86. The van der Waals surface area contributed by atoms with E-state index in [1.165, 1.54) is 6.07 Å². The van der Waals surface area contributed by atoms with Crippen molar-refractivity contribution in [1.29, 1.82) is 0 Å². The molecule has 1 aromatic rings. The number of carbonyl (C=O) groups excluding carboxylic acids is 1. The van der Waals surface area contributed by atoms with Crippen LogP contribution < -0.4 is 15.5 Å². The van der Waals surface area contributed by atoms with E-state index in [2.05, 4.69) is 24.5 Å². The van der Waals surface area contributed by atoms with Crippen LogP contribution in [0.3, 0.4) is 0 Å². The van der Waals surface area contributed by atoms with Crippen LogP contribution in [0.2, 0.25) is 0 Å². The molecule has 1 aromatic carbocycles. The van der Waals surface area contributed by atoms with Crippen LogP contribution in [0.5, 0.6) is 0 Å². The Morgan fingerprint density at radius 1 is 1.43 bits per heavy atom. The molecule has 0 unspecified atom stereocenters. The Balaban J connectivity index is 2.14. The lowest BCUT2D eigenvalue weighted by molar-refractivity contribution is -0.119. The molecule has 116 valence electrons. The zero-order valence-corrected chi connectivity index (χ0v) is 12.8. The third-order valence-corrected chi connectivity index (χ3v) is 3.51. The molecule has 1 aliphatic heterocycles. The monoisotopic (exact) mass is 293 g/mol. The highest BCUT2D eigenvalue weighted by atomic mass is 19.1.